The minimum absolute atomic E-state index is 0.334. The summed E-state index contributed by atoms with van der Waals surface area (Å²) in [5, 5.41) is 0. The molecule has 2 N–H and O–H groups in total. The summed E-state index contributed by atoms with van der Waals surface area (Å²) in [7, 11) is 0. The molecule has 0 fully saturated rings. The predicted molar refractivity (Wildman–Crippen MR) is 74.9 cm³/mol. The molecule has 100 valence electrons. The van der Waals surface area contributed by atoms with Crippen LogP contribution in [0.5, 0.6) is 11.5 Å². The highest BCUT2D eigenvalue weighted by atomic mass is 19.1. The van der Waals surface area contributed by atoms with Crippen molar-refractivity contribution in [2.75, 3.05) is 0 Å². The van der Waals surface area contributed by atoms with Gasteiger partial charge >= 0.3 is 0 Å². The van der Waals surface area contributed by atoms with Crippen molar-refractivity contribution in [3.8, 4) is 11.5 Å². The topological polar surface area (TPSA) is 35.2 Å². The average Bonchev–Trinajstić information content (AvgIpc) is 2.38. The fourth-order valence-electron chi connectivity index (χ4n) is 2.00. The van der Waals surface area contributed by atoms with E-state index in [1.165, 1.54) is 11.6 Å². The highest BCUT2D eigenvalue weighted by Crippen LogP contribution is 2.31. The minimum Gasteiger partial charge on any atom is -0.457 e. The lowest BCUT2D eigenvalue weighted by atomic mass is 10.1. The second-order valence-electron chi connectivity index (χ2n) is 4.54. The number of hydrogen-bond acceptors (Lipinski definition) is 2. The first-order valence-corrected chi connectivity index (χ1v) is 6.42. The molecule has 2 rings (SSSR count). The third kappa shape index (κ3) is 3.12. The Morgan fingerprint density at radius 1 is 1.21 bits per heavy atom. The molecule has 0 aliphatic carbocycles. The molecule has 1 atom stereocenters. The van der Waals surface area contributed by atoms with Gasteiger partial charge in [-0.05, 0) is 43.2 Å². The lowest BCUT2D eigenvalue weighted by Crippen LogP contribution is -2.09. The summed E-state index contributed by atoms with van der Waals surface area (Å²) in [6, 6.07) is 12.1. The van der Waals surface area contributed by atoms with Crippen LogP contribution in [-0.2, 0) is 6.42 Å². The monoisotopic (exact) mass is 259 g/mol. The van der Waals surface area contributed by atoms with Gasteiger partial charge in [0.15, 0.2) is 0 Å². The van der Waals surface area contributed by atoms with Crippen LogP contribution in [0.4, 0.5) is 4.39 Å². The van der Waals surface area contributed by atoms with Crippen molar-refractivity contribution in [1.82, 2.24) is 0 Å². The fraction of sp³-hybridized carbons (Fsp3) is 0.250. The number of halogens is 1. The first kappa shape index (κ1) is 13.6. The van der Waals surface area contributed by atoms with E-state index in [1.807, 2.05) is 24.3 Å². The molecule has 3 heteroatoms. The Hall–Kier alpha value is -1.87. The number of hydrogen-bond donors (Lipinski definition) is 1. The number of aryl methyl sites for hydroxylation is 1. The van der Waals surface area contributed by atoms with Gasteiger partial charge in [0.2, 0.25) is 0 Å². The van der Waals surface area contributed by atoms with Crippen molar-refractivity contribution < 1.29 is 9.13 Å². The van der Waals surface area contributed by atoms with Crippen molar-refractivity contribution in [3.05, 3.63) is 59.4 Å². The summed E-state index contributed by atoms with van der Waals surface area (Å²) < 4.78 is 19.6. The molecule has 0 aromatic heterocycles. The van der Waals surface area contributed by atoms with Crippen LogP contribution in [-0.4, -0.2) is 0 Å². The Balaban J connectivity index is 2.35. The third-order valence-electron chi connectivity index (χ3n) is 3.00. The maximum atomic E-state index is 13.8. The molecular weight excluding hydrogens is 241 g/mol. The molecule has 0 aliphatic heterocycles. The molecule has 2 aromatic carbocycles. The van der Waals surface area contributed by atoms with E-state index in [0.717, 1.165) is 6.42 Å². The number of ether oxygens (including phenoxy) is 1. The molecule has 0 bridgehead atoms. The Bertz CT molecular complexity index is 566. The number of benzene rings is 2. The smallest absolute Gasteiger partial charge is 0.135 e. The summed E-state index contributed by atoms with van der Waals surface area (Å²) in [6.07, 6.45) is 0.931. The molecule has 0 radical (unpaired) electrons. The standard InChI is InChI=1S/C16H18FNO/c1-3-12-6-4-7-13(10-12)19-15-9-5-8-14(17)16(15)11(2)18/h4-11H,3,18H2,1-2H3/t11-/m0/s1. The van der Waals surface area contributed by atoms with Gasteiger partial charge in [-0.15, -0.1) is 0 Å². The van der Waals surface area contributed by atoms with Crippen LogP contribution in [0.15, 0.2) is 42.5 Å². The SMILES string of the molecule is CCc1cccc(Oc2cccc(F)c2[C@H](C)N)c1. The lowest BCUT2D eigenvalue weighted by molar-refractivity contribution is 0.460. The Kier molecular flexibility index (Phi) is 4.17. The molecular formula is C16H18FNO. The summed E-state index contributed by atoms with van der Waals surface area (Å²) >= 11 is 0. The molecule has 0 amide bonds. The number of rotatable bonds is 4. The Morgan fingerprint density at radius 2 is 1.95 bits per heavy atom. The van der Waals surface area contributed by atoms with Crippen molar-refractivity contribution >= 4 is 0 Å². The Labute approximate surface area is 113 Å². The lowest BCUT2D eigenvalue weighted by Gasteiger charge is -2.14. The average molecular weight is 259 g/mol. The minimum atomic E-state index is -0.412. The van der Waals surface area contributed by atoms with Crippen LogP contribution in [0.25, 0.3) is 0 Å². The molecule has 0 aliphatic rings. The van der Waals surface area contributed by atoms with E-state index >= 15 is 0 Å². The van der Waals surface area contributed by atoms with Crippen LogP contribution in [0, 0.1) is 5.82 Å². The van der Waals surface area contributed by atoms with E-state index < -0.39 is 6.04 Å². The zero-order valence-electron chi connectivity index (χ0n) is 11.2. The van der Waals surface area contributed by atoms with E-state index in [-0.39, 0.29) is 5.82 Å². The highest BCUT2D eigenvalue weighted by molar-refractivity contribution is 5.41. The van der Waals surface area contributed by atoms with Crippen LogP contribution < -0.4 is 10.5 Å². The molecule has 0 saturated carbocycles. The zero-order valence-corrected chi connectivity index (χ0v) is 11.2. The van der Waals surface area contributed by atoms with Gasteiger partial charge in [0.1, 0.15) is 17.3 Å². The van der Waals surface area contributed by atoms with Crippen molar-refractivity contribution in [1.29, 1.82) is 0 Å². The van der Waals surface area contributed by atoms with Gasteiger partial charge in [-0.2, -0.15) is 0 Å². The highest BCUT2D eigenvalue weighted by Gasteiger charge is 2.14. The van der Waals surface area contributed by atoms with Gasteiger partial charge in [0.05, 0.1) is 0 Å². The summed E-state index contributed by atoms with van der Waals surface area (Å²) in [4.78, 5) is 0. The normalized spacial score (nSPS) is 12.2. The van der Waals surface area contributed by atoms with Gasteiger partial charge in [-0.25, -0.2) is 4.39 Å². The zero-order chi connectivity index (χ0) is 13.8. The molecule has 2 aromatic rings. The van der Waals surface area contributed by atoms with E-state index in [2.05, 4.69) is 6.92 Å². The van der Waals surface area contributed by atoms with Crippen molar-refractivity contribution in [2.45, 2.75) is 26.3 Å². The second-order valence-corrected chi connectivity index (χ2v) is 4.54. The van der Waals surface area contributed by atoms with E-state index in [4.69, 9.17) is 10.5 Å². The van der Waals surface area contributed by atoms with Crippen LogP contribution in [0.2, 0.25) is 0 Å². The van der Waals surface area contributed by atoms with Crippen LogP contribution in [0.3, 0.4) is 0 Å². The van der Waals surface area contributed by atoms with Gasteiger partial charge < -0.3 is 10.5 Å². The summed E-state index contributed by atoms with van der Waals surface area (Å²) in [5.41, 5.74) is 7.39. The van der Waals surface area contributed by atoms with Gasteiger partial charge in [0.25, 0.3) is 0 Å². The van der Waals surface area contributed by atoms with Gasteiger partial charge in [-0.1, -0.05) is 25.1 Å². The van der Waals surface area contributed by atoms with Gasteiger partial charge in [0, 0.05) is 11.6 Å². The van der Waals surface area contributed by atoms with E-state index in [0.29, 0.717) is 17.1 Å². The van der Waals surface area contributed by atoms with Gasteiger partial charge in [-0.3, -0.25) is 0 Å². The fourth-order valence-corrected chi connectivity index (χ4v) is 2.00. The molecule has 0 unspecified atom stereocenters. The first-order chi connectivity index (χ1) is 9.11. The Morgan fingerprint density at radius 3 is 2.63 bits per heavy atom. The largest absolute Gasteiger partial charge is 0.457 e. The van der Waals surface area contributed by atoms with Crippen LogP contribution in [0.1, 0.15) is 31.0 Å². The first-order valence-electron chi connectivity index (χ1n) is 6.42. The molecule has 19 heavy (non-hydrogen) atoms. The quantitative estimate of drug-likeness (QED) is 0.893. The second kappa shape index (κ2) is 5.85. The maximum absolute atomic E-state index is 13.8. The predicted octanol–water partition coefficient (Wildman–Crippen LogP) is 4.20. The summed E-state index contributed by atoms with van der Waals surface area (Å²) in [5.74, 6) is 0.842. The van der Waals surface area contributed by atoms with E-state index in [9.17, 15) is 4.39 Å². The van der Waals surface area contributed by atoms with E-state index in [1.54, 1.807) is 19.1 Å². The maximum Gasteiger partial charge on any atom is 0.135 e. The molecule has 0 spiro atoms. The molecule has 2 nitrogen and oxygen atoms in total. The van der Waals surface area contributed by atoms with Crippen molar-refractivity contribution in [3.63, 3.8) is 0 Å². The molecule has 0 saturated heterocycles. The van der Waals surface area contributed by atoms with Crippen molar-refractivity contribution in [2.24, 2.45) is 5.73 Å². The molecule has 0 heterocycles. The number of nitrogens with two attached hydrogens (primary N) is 1. The van der Waals surface area contributed by atoms with Crippen LogP contribution >= 0.6 is 0 Å². The summed E-state index contributed by atoms with van der Waals surface area (Å²) in [6.45, 7) is 3.82. The third-order valence-corrected chi connectivity index (χ3v) is 3.00.